The molecule has 0 aromatic heterocycles. The molecule has 0 aliphatic heterocycles. The zero-order valence-corrected chi connectivity index (χ0v) is 7.98. The Labute approximate surface area is 85.6 Å². The van der Waals surface area contributed by atoms with Crippen molar-refractivity contribution < 1.29 is 19.4 Å². The van der Waals surface area contributed by atoms with Crippen LogP contribution in [0.4, 0.5) is 4.79 Å². The monoisotopic (exact) mass is 210 g/mol. The quantitative estimate of drug-likeness (QED) is 0.649. The van der Waals surface area contributed by atoms with Gasteiger partial charge in [0.2, 0.25) is 0 Å². The highest BCUT2D eigenvalue weighted by Gasteiger charge is 2.13. The summed E-state index contributed by atoms with van der Waals surface area (Å²) in [7, 11) is 1.42. The summed E-state index contributed by atoms with van der Waals surface area (Å²) in [6, 6.07) is 3.08. The lowest BCUT2D eigenvalue weighted by atomic mass is 10.2. The summed E-state index contributed by atoms with van der Waals surface area (Å²) in [6.45, 7) is 0. The molecule has 1 aromatic rings. The number of amides is 3. The van der Waals surface area contributed by atoms with Crippen molar-refractivity contribution in [3.63, 3.8) is 0 Å². The third-order valence-electron chi connectivity index (χ3n) is 1.69. The molecule has 1 rings (SSSR count). The van der Waals surface area contributed by atoms with E-state index in [0.29, 0.717) is 5.75 Å². The number of carbonyl (C=O) groups is 2. The minimum absolute atomic E-state index is 0.0758. The largest absolute Gasteiger partial charge is 0.507 e. The second kappa shape index (κ2) is 4.32. The van der Waals surface area contributed by atoms with Crippen LogP contribution in [0.3, 0.4) is 0 Å². The van der Waals surface area contributed by atoms with Crippen LogP contribution in [0.15, 0.2) is 18.2 Å². The molecular formula is C9H10N2O4. The Hall–Kier alpha value is -2.24. The first-order valence-electron chi connectivity index (χ1n) is 4.02. The predicted molar refractivity (Wildman–Crippen MR) is 51.7 cm³/mol. The average Bonchev–Trinajstić information content (AvgIpc) is 2.17. The zero-order valence-electron chi connectivity index (χ0n) is 7.98. The van der Waals surface area contributed by atoms with Gasteiger partial charge in [0.1, 0.15) is 11.5 Å². The molecule has 0 aliphatic carbocycles. The van der Waals surface area contributed by atoms with Gasteiger partial charge in [-0.1, -0.05) is 0 Å². The van der Waals surface area contributed by atoms with Crippen LogP contribution < -0.4 is 15.8 Å². The Bertz CT molecular complexity index is 403. The average molecular weight is 210 g/mol. The summed E-state index contributed by atoms with van der Waals surface area (Å²) >= 11 is 0. The fourth-order valence-electron chi connectivity index (χ4n) is 1.00. The van der Waals surface area contributed by atoms with E-state index in [0.717, 1.165) is 0 Å². The molecule has 1 aromatic carbocycles. The number of nitrogens with one attached hydrogen (secondary N) is 1. The van der Waals surface area contributed by atoms with Gasteiger partial charge in [-0.05, 0) is 18.2 Å². The highest BCUT2D eigenvalue weighted by molar-refractivity contribution is 6.05. The molecule has 0 spiro atoms. The Morgan fingerprint density at radius 1 is 1.47 bits per heavy atom. The minimum atomic E-state index is -0.984. The number of carbonyl (C=O) groups excluding carboxylic acids is 2. The van der Waals surface area contributed by atoms with Crippen molar-refractivity contribution >= 4 is 11.9 Å². The van der Waals surface area contributed by atoms with Crippen LogP contribution in [0, 0.1) is 0 Å². The molecule has 0 atom stereocenters. The number of rotatable bonds is 2. The Kier molecular flexibility index (Phi) is 3.12. The Balaban J connectivity index is 3.01. The number of phenolic OH excluding ortho intramolecular Hbond substituents is 1. The normalized spacial score (nSPS) is 9.40. The van der Waals surface area contributed by atoms with Crippen LogP contribution in [0.25, 0.3) is 0 Å². The molecule has 0 radical (unpaired) electrons. The molecule has 4 N–H and O–H groups in total. The van der Waals surface area contributed by atoms with Crippen molar-refractivity contribution in [1.29, 1.82) is 0 Å². The molecule has 15 heavy (non-hydrogen) atoms. The highest BCUT2D eigenvalue weighted by atomic mass is 16.5. The van der Waals surface area contributed by atoms with Gasteiger partial charge in [0.15, 0.2) is 0 Å². The van der Waals surface area contributed by atoms with Crippen LogP contribution in [-0.2, 0) is 0 Å². The van der Waals surface area contributed by atoms with Gasteiger partial charge in [0, 0.05) is 0 Å². The fourth-order valence-corrected chi connectivity index (χ4v) is 1.00. The SMILES string of the molecule is COc1ccc(O)c(C(=O)NC(N)=O)c1. The van der Waals surface area contributed by atoms with E-state index in [9.17, 15) is 14.7 Å². The van der Waals surface area contributed by atoms with Crippen LogP contribution in [-0.4, -0.2) is 24.2 Å². The van der Waals surface area contributed by atoms with Gasteiger partial charge in [-0.3, -0.25) is 10.1 Å². The predicted octanol–water partition coefficient (Wildman–Crippen LogP) is 0.209. The van der Waals surface area contributed by atoms with E-state index in [1.807, 2.05) is 5.32 Å². The maximum Gasteiger partial charge on any atom is 0.319 e. The van der Waals surface area contributed by atoms with Gasteiger partial charge in [0.05, 0.1) is 12.7 Å². The number of benzene rings is 1. The molecular weight excluding hydrogens is 200 g/mol. The lowest BCUT2D eigenvalue weighted by Crippen LogP contribution is -2.34. The first kappa shape index (κ1) is 10.8. The number of ether oxygens (including phenoxy) is 1. The second-order valence-electron chi connectivity index (χ2n) is 2.70. The van der Waals surface area contributed by atoms with Crippen molar-refractivity contribution in [2.45, 2.75) is 0 Å². The number of hydrogen-bond donors (Lipinski definition) is 3. The first-order chi connectivity index (χ1) is 7.04. The van der Waals surface area contributed by atoms with Gasteiger partial charge < -0.3 is 15.6 Å². The molecule has 80 valence electrons. The fraction of sp³-hybridized carbons (Fsp3) is 0.111. The second-order valence-corrected chi connectivity index (χ2v) is 2.70. The van der Waals surface area contributed by atoms with E-state index in [2.05, 4.69) is 0 Å². The summed E-state index contributed by atoms with van der Waals surface area (Å²) < 4.78 is 4.86. The van der Waals surface area contributed by atoms with Crippen molar-refractivity contribution in [2.75, 3.05) is 7.11 Å². The van der Waals surface area contributed by atoms with Crippen molar-refractivity contribution in [3.8, 4) is 11.5 Å². The number of imide groups is 1. The third-order valence-corrected chi connectivity index (χ3v) is 1.69. The number of urea groups is 1. The molecule has 0 fully saturated rings. The number of phenols is 1. The van der Waals surface area contributed by atoms with Gasteiger partial charge in [-0.15, -0.1) is 0 Å². The van der Waals surface area contributed by atoms with Crippen molar-refractivity contribution in [2.24, 2.45) is 5.73 Å². The van der Waals surface area contributed by atoms with Gasteiger partial charge in [-0.25, -0.2) is 4.79 Å². The molecule has 0 saturated heterocycles. The molecule has 0 bridgehead atoms. The topological polar surface area (TPSA) is 102 Å². The molecule has 6 nitrogen and oxygen atoms in total. The number of primary amides is 1. The lowest BCUT2D eigenvalue weighted by molar-refractivity contribution is 0.0963. The third kappa shape index (κ3) is 2.60. The summed E-state index contributed by atoms with van der Waals surface area (Å²) in [4.78, 5) is 21.7. The molecule has 0 unspecified atom stereocenters. The highest BCUT2D eigenvalue weighted by Crippen LogP contribution is 2.22. The molecule has 6 heteroatoms. The Morgan fingerprint density at radius 3 is 2.67 bits per heavy atom. The van der Waals surface area contributed by atoms with E-state index < -0.39 is 11.9 Å². The summed E-state index contributed by atoms with van der Waals surface area (Å²) in [6.07, 6.45) is 0. The first-order valence-corrected chi connectivity index (χ1v) is 4.02. The van der Waals surface area contributed by atoms with Gasteiger partial charge in [-0.2, -0.15) is 0 Å². The van der Waals surface area contributed by atoms with Crippen LogP contribution in [0.1, 0.15) is 10.4 Å². The van der Waals surface area contributed by atoms with Crippen molar-refractivity contribution in [1.82, 2.24) is 5.32 Å². The van der Waals surface area contributed by atoms with E-state index >= 15 is 0 Å². The number of nitrogens with two attached hydrogens (primary N) is 1. The maximum atomic E-state index is 11.3. The standard InChI is InChI=1S/C9H10N2O4/c1-15-5-2-3-7(12)6(4-5)8(13)11-9(10)14/h2-4,12H,1H3,(H3,10,11,13,14). The smallest absolute Gasteiger partial charge is 0.319 e. The molecule has 3 amide bonds. The van der Waals surface area contributed by atoms with Crippen LogP contribution in [0.5, 0.6) is 11.5 Å². The maximum absolute atomic E-state index is 11.3. The van der Waals surface area contributed by atoms with Crippen LogP contribution >= 0.6 is 0 Å². The van der Waals surface area contributed by atoms with E-state index in [-0.39, 0.29) is 11.3 Å². The molecule has 0 aliphatic rings. The number of methoxy groups -OCH3 is 1. The van der Waals surface area contributed by atoms with Crippen LogP contribution in [0.2, 0.25) is 0 Å². The molecule has 0 heterocycles. The van der Waals surface area contributed by atoms with Crippen molar-refractivity contribution in [3.05, 3.63) is 23.8 Å². The Morgan fingerprint density at radius 2 is 2.13 bits per heavy atom. The summed E-state index contributed by atoms with van der Waals surface area (Å²) in [5, 5.41) is 11.2. The number of aromatic hydroxyl groups is 1. The van der Waals surface area contributed by atoms with Gasteiger partial charge >= 0.3 is 6.03 Å². The summed E-state index contributed by atoms with van der Waals surface area (Å²) in [5.41, 5.74) is 4.69. The number of hydrogen-bond acceptors (Lipinski definition) is 4. The minimum Gasteiger partial charge on any atom is -0.507 e. The summed E-state index contributed by atoms with van der Waals surface area (Å²) in [5.74, 6) is -0.643. The van der Waals surface area contributed by atoms with E-state index in [1.54, 1.807) is 0 Å². The van der Waals surface area contributed by atoms with E-state index in [4.69, 9.17) is 10.5 Å². The van der Waals surface area contributed by atoms with E-state index in [1.165, 1.54) is 25.3 Å². The molecule has 0 saturated carbocycles. The lowest BCUT2D eigenvalue weighted by Gasteiger charge is -2.05. The zero-order chi connectivity index (χ0) is 11.4. The van der Waals surface area contributed by atoms with Gasteiger partial charge in [0.25, 0.3) is 5.91 Å².